The van der Waals surface area contributed by atoms with Crippen molar-refractivity contribution in [3.63, 3.8) is 0 Å². The molecule has 2 rings (SSSR count). The molecule has 5 heteroatoms. The summed E-state index contributed by atoms with van der Waals surface area (Å²) in [7, 11) is 0. The predicted molar refractivity (Wildman–Crippen MR) is 94.0 cm³/mol. The molecular weight excluding hydrogens is 342 g/mol. The van der Waals surface area contributed by atoms with Crippen molar-refractivity contribution in [3.8, 4) is 0 Å². The minimum atomic E-state index is -0.371. The highest BCUT2D eigenvalue weighted by Crippen LogP contribution is 2.11. The number of para-hydroxylation sites is 1. The number of carbonyl (C=O) groups is 1. The van der Waals surface area contributed by atoms with Crippen LogP contribution >= 0.6 is 15.9 Å². The van der Waals surface area contributed by atoms with E-state index in [1.54, 1.807) is 6.92 Å². The number of nitrogens with zero attached hydrogens (tertiary/aromatic N) is 1. The van der Waals surface area contributed by atoms with E-state index in [0.717, 1.165) is 21.4 Å². The van der Waals surface area contributed by atoms with Crippen LogP contribution in [0.4, 0.5) is 5.69 Å². The Labute approximate surface area is 138 Å². The second-order valence-corrected chi connectivity index (χ2v) is 5.83. The van der Waals surface area contributed by atoms with E-state index in [1.165, 1.54) is 0 Å². The van der Waals surface area contributed by atoms with Gasteiger partial charge in [-0.3, -0.25) is 4.79 Å². The Morgan fingerprint density at radius 3 is 2.36 bits per heavy atom. The van der Waals surface area contributed by atoms with Crippen molar-refractivity contribution in [2.75, 3.05) is 5.32 Å². The molecule has 0 saturated carbocycles. The van der Waals surface area contributed by atoms with Gasteiger partial charge in [0, 0.05) is 10.2 Å². The Morgan fingerprint density at radius 1 is 1.09 bits per heavy atom. The van der Waals surface area contributed by atoms with E-state index in [4.69, 9.17) is 0 Å². The van der Waals surface area contributed by atoms with Crippen molar-refractivity contribution in [2.45, 2.75) is 19.9 Å². The molecule has 0 fully saturated rings. The van der Waals surface area contributed by atoms with Crippen molar-refractivity contribution in [3.05, 3.63) is 64.6 Å². The molecule has 1 amide bonds. The van der Waals surface area contributed by atoms with Gasteiger partial charge >= 0.3 is 0 Å². The van der Waals surface area contributed by atoms with E-state index >= 15 is 0 Å². The molecule has 0 aliphatic carbocycles. The van der Waals surface area contributed by atoms with E-state index < -0.39 is 0 Å². The topological polar surface area (TPSA) is 53.5 Å². The summed E-state index contributed by atoms with van der Waals surface area (Å²) in [5, 5.41) is 7.27. The minimum absolute atomic E-state index is 0.180. The molecule has 22 heavy (non-hydrogen) atoms. The van der Waals surface area contributed by atoms with Crippen LogP contribution in [0, 0.1) is 0 Å². The molecule has 0 radical (unpaired) electrons. The SMILES string of the molecule is C/C(=N\NC(=O)[C@@H](C)Nc1ccccc1)c1ccc(Br)cc1. The second-order valence-electron chi connectivity index (χ2n) is 4.91. The predicted octanol–water partition coefficient (Wildman–Crippen LogP) is 3.79. The Balaban J connectivity index is 1.93. The summed E-state index contributed by atoms with van der Waals surface area (Å²) >= 11 is 3.39. The maximum Gasteiger partial charge on any atom is 0.262 e. The number of hydrogen-bond donors (Lipinski definition) is 2. The summed E-state index contributed by atoms with van der Waals surface area (Å²) in [4.78, 5) is 12.0. The molecule has 114 valence electrons. The van der Waals surface area contributed by atoms with Crippen molar-refractivity contribution in [1.82, 2.24) is 5.43 Å². The van der Waals surface area contributed by atoms with E-state index in [-0.39, 0.29) is 11.9 Å². The normalized spacial score (nSPS) is 12.6. The molecule has 0 heterocycles. The quantitative estimate of drug-likeness (QED) is 0.630. The first-order valence-electron chi connectivity index (χ1n) is 6.98. The summed E-state index contributed by atoms with van der Waals surface area (Å²) in [6.45, 7) is 3.66. The average molecular weight is 360 g/mol. The van der Waals surface area contributed by atoms with Crippen LogP contribution in [0.3, 0.4) is 0 Å². The van der Waals surface area contributed by atoms with Gasteiger partial charge in [-0.2, -0.15) is 5.10 Å². The molecule has 2 aromatic rings. The molecule has 0 aliphatic heterocycles. The molecule has 1 atom stereocenters. The lowest BCUT2D eigenvalue weighted by Gasteiger charge is -2.13. The van der Waals surface area contributed by atoms with Gasteiger partial charge in [-0.1, -0.05) is 46.3 Å². The zero-order valence-corrected chi connectivity index (χ0v) is 14.1. The first-order chi connectivity index (χ1) is 10.6. The minimum Gasteiger partial charge on any atom is -0.374 e. The van der Waals surface area contributed by atoms with Crippen molar-refractivity contribution < 1.29 is 4.79 Å². The second kappa shape index (κ2) is 7.75. The van der Waals surface area contributed by atoms with Gasteiger partial charge in [-0.05, 0) is 43.7 Å². The number of benzene rings is 2. The summed E-state index contributed by atoms with van der Waals surface area (Å²) < 4.78 is 1.01. The Hall–Kier alpha value is -2.14. The number of carbonyl (C=O) groups excluding carboxylic acids is 1. The Morgan fingerprint density at radius 2 is 1.73 bits per heavy atom. The van der Waals surface area contributed by atoms with Crippen LogP contribution in [0.25, 0.3) is 0 Å². The maximum atomic E-state index is 12.0. The maximum absolute atomic E-state index is 12.0. The van der Waals surface area contributed by atoms with Gasteiger partial charge in [0.15, 0.2) is 0 Å². The fraction of sp³-hybridized carbons (Fsp3) is 0.176. The number of amides is 1. The Kier molecular flexibility index (Phi) is 5.72. The van der Waals surface area contributed by atoms with Gasteiger partial charge in [0.25, 0.3) is 5.91 Å². The smallest absolute Gasteiger partial charge is 0.262 e. The van der Waals surface area contributed by atoms with E-state index in [9.17, 15) is 4.79 Å². The first kappa shape index (κ1) is 16.2. The van der Waals surface area contributed by atoms with Gasteiger partial charge < -0.3 is 5.32 Å². The van der Waals surface area contributed by atoms with Crippen molar-refractivity contribution in [1.29, 1.82) is 0 Å². The van der Waals surface area contributed by atoms with Gasteiger partial charge in [-0.15, -0.1) is 0 Å². The first-order valence-corrected chi connectivity index (χ1v) is 7.77. The summed E-state index contributed by atoms with van der Waals surface area (Å²) in [6, 6.07) is 17.0. The summed E-state index contributed by atoms with van der Waals surface area (Å²) in [5.41, 5.74) is 5.21. The molecule has 0 spiro atoms. The van der Waals surface area contributed by atoms with Gasteiger partial charge in [0.1, 0.15) is 6.04 Å². The Bertz CT molecular complexity index is 653. The standard InChI is InChI=1S/C17H18BrN3O/c1-12(14-8-10-15(18)11-9-14)20-21-17(22)13(2)19-16-6-4-3-5-7-16/h3-11,13,19H,1-2H3,(H,21,22)/b20-12+/t13-/m1/s1. The lowest BCUT2D eigenvalue weighted by atomic mass is 10.1. The molecule has 2 aromatic carbocycles. The molecule has 4 nitrogen and oxygen atoms in total. The van der Waals surface area contributed by atoms with E-state index in [1.807, 2.05) is 61.5 Å². The van der Waals surface area contributed by atoms with E-state index in [0.29, 0.717) is 0 Å². The molecule has 0 unspecified atom stereocenters. The monoisotopic (exact) mass is 359 g/mol. The van der Waals surface area contributed by atoms with Crippen molar-refractivity contribution in [2.24, 2.45) is 5.10 Å². The van der Waals surface area contributed by atoms with Crippen molar-refractivity contribution >= 4 is 33.2 Å². The van der Waals surface area contributed by atoms with Crippen LogP contribution in [0.1, 0.15) is 19.4 Å². The number of nitrogens with one attached hydrogen (secondary N) is 2. The van der Waals surface area contributed by atoms with Gasteiger partial charge in [0.2, 0.25) is 0 Å². The van der Waals surface area contributed by atoms with Crippen LogP contribution in [0.2, 0.25) is 0 Å². The highest BCUT2D eigenvalue weighted by molar-refractivity contribution is 9.10. The highest BCUT2D eigenvalue weighted by Gasteiger charge is 2.11. The van der Waals surface area contributed by atoms with Crippen LogP contribution in [-0.4, -0.2) is 17.7 Å². The van der Waals surface area contributed by atoms with E-state index in [2.05, 4.69) is 31.8 Å². The zero-order chi connectivity index (χ0) is 15.9. The molecule has 0 saturated heterocycles. The molecule has 2 N–H and O–H groups in total. The number of hydrazone groups is 1. The largest absolute Gasteiger partial charge is 0.374 e. The lowest BCUT2D eigenvalue weighted by molar-refractivity contribution is -0.121. The fourth-order valence-electron chi connectivity index (χ4n) is 1.84. The van der Waals surface area contributed by atoms with Gasteiger partial charge in [0.05, 0.1) is 5.71 Å². The number of halogens is 1. The molecule has 0 bridgehead atoms. The van der Waals surface area contributed by atoms with Crippen LogP contribution in [-0.2, 0) is 4.79 Å². The molecule has 0 aromatic heterocycles. The summed E-state index contributed by atoms with van der Waals surface area (Å²) in [6.07, 6.45) is 0. The van der Waals surface area contributed by atoms with Crippen LogP contribution in [0.5, 0.6) is 0 Å². The third-order valence-corrected chi connectivity index (χ3v) is 3.67. The van der Waals surface area contributed by atoms with Crippen LogP contribution < -0.4 is 10.7 Å². The highest BCUT2D eigenvalue weighted by atomic mass is 79.9. The average Bonchev–Trinajstić information content (AvgIpc) is 2.53. The third-order valence-electron chi connectivity index (χ3n) is 3.15. The molecule has 0 aliphatic rings. The number of rotatable bonds is 5. The fourth-order valence-corrected chi connectivity index (χ4v) is 2.11. The van der Waals surface area contributed by atoms with Crippen LogP contribution in [0.15, 0.2) is 64.2 Å². The number of anilines is 1. The van der Waals surface area contributed by atoms with Gasteiger partial charge in [-0.25, -0.2) is 5.43 Å². The lowest BCUT2D eigenvalue weighted by Crippen LogP contribution is -2.35. The molecular formula is C17H18BrN3O. The summed E-state index contributed by atoms with van der Waals surface area (Å²) in [5.74, 6) is -0.180. The zero-order valence-electron chi connectivity index (χ0n) is 12.5. The number of hydrogen-bond acceptors (Lipinski definition) is 3. The third kappa shape index (κ3) is 4.70.